The lowest BCUT2D eigenvalue weighted by atomic mass is 10.1. The van der Waals surface area contributed by atoms with Gasteiger partial charge >= 0.3 is 0 Å². The molecule has 4 nitrogen and oxygen atoms in total. The van der Waals surface area contributed by atoms with Crippen LogP contribution in [0.15, 0.2) is 34.9 Å². The molecular weight excluding hydrogens is 344 g/mol. The number of ether oxygens (including phenoxy) is 1. The second-order valence-electron chi connectivity index (χ2n) is 4.25. The van der Waals surface area contributed by atoms with Gasteiger partial charge in [0.1, 0.15) is 5.69 Å². The molecule has 0 saturated carbocycles. The zero-order valence-corrected chi connectivity index (χ0v) is 13.3. The number of Topliss-reactive ketones (excluding diaryl/α,β-unsaturated/α-hetero) is 1. The molecule has 6 heteroatoms. The van der Waals surface area contributed by atoms with E-state index in [-0.39, 0.29) is 12.2 Å². The van der Waals surface area contributed by atoms with Crippen LogP contribution in [0.5, 0.6) is 0 Å². The van der Waals surface area contributed by atoms with Gasteiger partial charge in [-0.3, -0.25) is 9.48 Å². The molecule has 0 unspecified atom stereocenters. The summed E-state index contributed by atoms with van der Waals surface area (Å²) in [5.74, 6) is -0.0597. The van der Waals surface area contributed by atoms with Gasteiger partial charge in [0, 0.05) is 18.0 Å². The Morgan fingerprint density at radius 3 is 2.90 bits per heavy atom. The normalized spacial score (nSPS) is 10.8. The van der Waals surface area contributed by atoms with E-state index < -0.39 is 0 Å². The number of halogens is 2. The fourth-order valence-electron chi connectivity index (χ4n) is 1.89. The minimum absolute atomic E-state index is 0.0597. The zero-order valence-electron chi connectivity index (χ0n) is 11.0. The summed E-state index contributed by atoms with van der Waals surface area (Å²) in [6.07, 6.45) is 1.77. The van der Waals surface area contributed by atoms with Crippen molar-refractivity contribution in [2.24, 2.45) is 0 Å². The Bertz CT molecular complexity index is 613. The number of aromatic nitrogens is 2. The number of carbonyl (C=O) groups is 1. The number of hydrogen-bond donors (Lipinski definition) is 0. The van der Waals surface area contributed by atoms with Crippen molar-refractivity contribution in [2.75, 3.05) is 13.7 Å². The molecule has 0 fully saturated rings. The molecule has 0 amide bonds. The summed E-state index contributed by atoms with van der Waals surface area (Å²) >= 11 is 9.51. The lowest BCUT2D eigenvalue weighted by Crippen LogP contribution is -2.15. The number of methoxy groups -OCH3 is 1. The largest absolute Gasteiger partial charge is 0.383 e. The monoisotopic (exact) mass is 356 g/mol. The van der Waals surface area contributed by atoms with Gasteiger partial charge in [-0.1, -0.05) is 45.7 Å². The van der Waals surface area contributed by atoms with E-state index in [0.29, 0.717) is 23.9 Å². The van der Waals surface area contributed by atoms with Gasteiger partial charge in [-0.05, 0) is 11.6 Å². The minimum Gasteiger partial charge on any atom is -0.383 e. The third-order valence-electron chi connectivity index (χ3n) is 2.87. The SMILES string of the molecule is COCCn1ncc(Cl)c1C(=O)Cc1ccccc1Br. The maximum absolute atomic E-state index is 12.4. The highest BCUT2D eigenvalue weighted by Gasteiger charge is 2.18. The first kappa shape index (κ1) is 15.2. The molecular formula is C14H14BrClN2O2. The van der Waals surface area contributed by atoms with Crippen LogP contribution in [0.3, 0.4) is 0 Å². The van der Waals surface area contributed by atoms with Gasteiger partial charge in [0.25, 0.3) is 0 Å². The lowest BCUT2D eigenvalue weighted by molar-refractivity contribution is 0.0979. The Labute approximate surface area is 130 Å². The van der Waals surface area contributed by atoms with Gasteiger partial charge in [-0.25, -0.2) is 0 Å². The summed E-state index contributed by atoms with van der Waals surface area (Å²) in [5.41, 5.74) is 1.35. The van der Waals surface area contributed by atoms with Gasteiger partial charge in [0.2, 0.25) is 0 Å². The molecule has 0 aliphatic heterocycles. The highest BCUT2D eigenvalue weighted by atomic mass is 79.9. The van der Waals surface area contributed by atoms with Gasteiger partial charge < -0.3 is 4.74 Å². The molecule has 2 aromatic rings. The molecule has 0 aliphatic rings. The number of carbonyl (C=O) groups excluding carboxylic acids is 1. The van der Waals surface area contributed by atoms with Crippen LogP contribution < -0.4 is 0 Å². The first-order valence-electron chi connectivity index (χ1n) is 6.10. The molecule has 0 bridgehead atoms. The lowest BCUT2D eigenvalue weighted by Gasteiger charge is -2.08. The number of rotatable bonds is 6. The summed E-state index contributed by atoms with van der Waals surface area (Å²) < 4.78 is 7.50. The standard InChI is InChI=1S/C14H14BrClN2O2/c1-20-7-6-18-14(12(16)9-17-18)13(19)8-10-4-2-3-5-11(10)15/h2-5,9H,6-8H2,1H3. The number of nitrogens with zero attached hydrogens (tertiary/aromatic N) is 2. The molecule has 0 saturated heterocycles. The second-order valence-corrected chi connectivity index (χ2v) is 5.51. The van der Waals surface area contributed by atoms with E-state index in [1.807, 2.05) is 24.3 Å². The van der Waals surface area contributed by atoms with Crippen molar-refractivity contribution < 1.29 is 9.53 Å². The Kier molecular flexibility index (Phi) is 5.34. The van der Waals surface area contributed by atoms with Crippen LogP contribution >= 0.6 is 27.5 Å². The zero-order chi connectivity index (χ0) is 14.5. The van der Waals surface area contributed by atoms with E-state index >= 15 is 0 Å². The van der Waals surface area contributed by atoms with Crippen LogP contribution in [-0.4, -0.2) is 29.3 Å². The summed E-state index contributed by atoms with van der Waals surface area (Å²) in [6, 6.07) is 7.63. The molecule has 20 heavy (non-hydrogen) atoms. The van der Waals surface area contributed by atoms with Crippen LogP contribution in [0.25, 0.3) is 0 Å². The van der Waals surface area contributed by atoms with Crippen LogP contribution in [0.4, 0.5) is 0 Å². The molecule has 0 radical (unpaired) electrons. The Morgan fingerprint density at radius 1 is 1.45 bits per heavy atom. The molecule has 1 heterocycles. The summed E-state index contributed by atoms with van der Waals surface area (Å²) in [6.45, 7) is 0.980. The van der Waals surface area contributed by atoms with Crippen molar-refractivity contribution >= 4 is 33.3 Å². The summed E-state index contributed by atoms with van der Waals surface area (Å²) in [7, 11) is 1.60. The van der Waals surface area contributed by atoms with Crippen molar-refractivity contribution in [3.63, 3.8) is 0 Å². The predicted molar refractivity (Wildman–Crippen MR) is 81.3 cm³/mol. The summed E-state index contributed by atoms with van der Waals surface area (Å²) in [4.78, 5) is 12.4. The fourth-order valence-corrected chi connectivity index (χ4v) is 2.56. The molecule has 0 spiro atoms. The number of benzene rings is 1. The number of hydrogen-bond acceptors (Lipinski definition) is 3. The smallest absolute Gasteiger partial charge is 0.186 e. The van der Waals surface area contributed by atoms with E-state index in [1.54, 1.807) is 11.8 Å². The third kappa shape index (κ3) is 3.48. The van der Waals surface area contributed by atoms with Gasteiger partial charge in [-0.15, -0.1) is 0 Å². The van der Waals surface area contributed by atoms with Gasteiger partial charge in [-0.2, -0.15) is 5.10 Å². The maximum Gasteiger partial charge on any atom is 0.186 e. The van der Waals surface area contributed by atoms with Crippen LogP contribution in [0, 0.1) is 0 Å². The Hall–Kier alpha value is -1.17. The van der Waals surface area contributed by atoms with Crippen molar-refractivity contribution in [1.29, 1.82) is 0 Å². The molecule has 1 aromatic carbocycles. The molecule has 0 aliphatic carbocycles. The summed E-state index contributed by atoms with van der Waals surface area (Å²) in [5, 5.41) is 4.48. The molecule has 106 valence electrons. The topological polar surface area (TPSA) is 44.1 Å². The average Bonchev–Trinajstić information content (AvgIpc) is 2.80. The van der Waals surface area contributed by atoms with E-state index in [4.69, 9.17) is 16.3 Å². The fraction of sp³-hybridized carbons (Fsp3) is 0.286. The van der Waals surface area contributed by atoms with Gasteiger partial charge in [0.15, 0.2) is 5.78 Å². The third-order valence-corrected chi connectivity index (χ3v) is 3.93. The van der Waals surface area contributed by atoms with Crippen molar-refractivity contribution in [1.82, 2.24) is 9.78 Å². The average molecular weight is 358 g/mol. The molecule has 0 N–H and O–H groups in total. The van der Waals surface area contributed by atoms with E-state index in [0.717, 1.165) is 10.0 Å². The van der Waals surface area contributed by atoms with Gasteiger partial charge in [0.05, 0.1) is 24.4 Å². The van der Waals surface area contributed by atoms with Crippen molar-refractivity contribution in [2.45, 2.75) is 13.0 Å². The Morgan fingerprint density at radius 2 is 2.20 bits per heavy atom. The highest BCUT2D eigenvalue weighted by molar-refractivity contribution is 9.10. The minimum atomic E-state index is -0.0597. The first-order valence-corrected chi connectivity index (χ1v) is 7.27. The quantitative estimate of drug-likeness (QED) is 0.745. The Balaban J connectivity index is 2.21. The van der Waals surface area contributed by atoms with Crippen LogP contribution in [0.1, 0.15) is 16.1 Å². The van der Waals surface area contributed by atoms with E-state index in [9.17, 15) is 4.79 Å². The molecule has 2 rings (SSSR count). The maximum atomic E-state index is 12.4. The second kappa shape index (κ2) is 7.02. The van der Waals surface area contributed by atoms with Crippen molar-refractivity contribution in [3.05, 3.63) is 51.2 Å². The van der Waals surface area contributed by atoms with Crippen LogP contribution in [-0.2, 0) is 17.7 Å². The van der Waals surface area contributed by atoms with E-state index in [1.165, 1.54) is 6.20 Å². The van der Waals surface area contributed by atoms with Crippen LogP contribution in [0.2, 0.25) is 5.02 Å². The van der Waals surface area contributed by atoms with E-state index in [2.05, 4.69) is 21.0 Å². The molecule has 0 atom stereocenters. The van der Waals surface area contributed by atoms with Crippen molar-refractivity contribution in [3.8, 4) is 0 Å². The number of ketones is 1. The predicted octanol–water partition coefficient (Wildman–Crippen LogP) is 3.37. The molecule has 1 aromatic heterocycles. The highest BCUT2D eigenvalue weighted by Crippen LogP contribution is 2.21. The first-order chi connectivity index (χ1) is 9.63.